The quantitative estimate of drug-likeness (QED) is 0.702. The van der Waals surface area contributed by atoms with Crippen LogP contribution in [0.15, 0.2) is 24.3 Å². The van der Waals surface area contributed by atoms with Crippen molar-refractivity contribution in [2.75, 3.05) is 18.4 Å². The molecule has 0 spiro atoms. The van der Waals surface area contributed by atoms with Crippen molar-refractivity contribution in [3.63, 3.8) is 0 Å². The molecule has 0 saturated carbocycles. The van der Waals surface area contributed by atoms with Crippen LogP contribution in [-0.2, 0) is 4.79 Å². The van der Waals surface area contributed by atoms with Gasteiger partial charge in [0.05, 0.1) is 12.2 Å². The summed E-state index contributed by atoms with van der Waals surface area (Å²) in [5.41, 5.74) is 0.726. The monoisotopic (exact) mass is 361 g/mol. The van der Waals surface area contributed by atoms with Crippen LogP contribution in [0, 0.1) is 3.57 Å². The van der Waals surface area contributed by atoms with Gasteiger partial charge in [-0.1, -0.05) is 19.1 Å². The van der Waals surface area contributed by atoms with Gasteiger partial charge in [0, 0.05) is 10.1 Å². The topological polar surface area (TPSA) is 70.2 Å². The maximum absolute atomic E-state index is 11.5. The van der Waals surface area contributed by atoms with Gasteiger partial charge in [-0.3, -0.25) is 4.79 Å². The van der Waals surface area contributed by atoms with Crippen LogP contribution in [0.1, 0.15) is 13.3 Å². The van der Waals surface area contributed by atoms with Crippen LogP contribution in [0.4, 0.5) is 10.5 Å². The molecule has 1 rings (SSSR count). The molecule has 1 aromatic rings. The standard InChI is InChI=1S/C12H16IN3O2/c1-2-7-14-11(17)8-15-12(18)16-10-6-4-3-5-9(10)13/h3-6H,2,7-8H2,1H3,(H,14,17)(H2,15,16,18). The predicted octanol–water partition coefficient (Wildman–Crippen LogP) is 1.94. The number of urea groups is 1. The Kier molecular flexibility index (Phi) is 6.48. The lowest BCUT2D eigenvalue weighted by molar-refractivity contribution is -0.120. The summed E-state index contributed by atoms with van der Waals surface area (Å²) in [6, 6.07) is 7.04. The molecule has 0 bridgehead atoms. The van der Waals surface area contributed by atoms with E-state index in [0.29, 0.717) is 6.54 Å². The van der Waals surface area contributed by atoms with E-state index in [-0.39, 0.29) is 18.5 Å². The zero-order valence-electron chi connectivity index (χ0n) is 10.1. The largest absolute Gasteiger partial charge is 0.355 e. The third kappa shape index (κ3) is 5.35. The van der Waals surface area contributed by atoms with Crippen molar-refractivity contribution in [1.82, 2.24) is 10.6 Å². The summed E-state index contributed by atoms with van der Waals surface area (Å²) >= 11 is 2.13. The van der Waals surface area contributed by atoms with Crippen LogP contribution in [-0.4, -0.2) is 25.0 Å². The van der Waals surface area contributed by atoms with Crippen molar-refractivity contribution in [2.45, 2.75) is 13.3 Å². The second-order valence-corrected chi connectivity index (χ2v) is 4.80. The van der Waals surface area contributed by atoms with Gasteiger partial charge in [0.25, 0.3) is 0 Å². The molecule has 0 atom stereocenters. The second-order valence-electron chi connectivity index (χ2n) is 3.64. The number of benzene rings is 1. The highest BCUT2D eigenvalue weighted by Gasteiger charge is 2.06. The first-order valence-electron chi connectivity index (χ1n) is 5.69. The average Bonchev–Trinajstić information content (AvgIpc) is 2.36. The minimum absolute atomic E-state index is 0.0186. The van der Waals surface area contributed by atoms with Gasteiger partial charge in [0.2, 0.25) is 5.91 Å². The van der Waals surface area contributed by atoms with E-state index in [2.05, 4.69) is 38.5 Å². The Hall–Kier alpha value is -1.31. The third-order valence-electron chi connectivity index (χ3n) is 2.10. The van der Waals surface area contributed by atoms with Gasteiger partial charge < -0.3 is 16.0 Å². The highest BCUT2D eigenvalue weighted by atomic mass is 127. The van der Waals surface area contributed by atoms with E-state index >= 15 is 0 Å². The SMILES string of the molecule is CCCNC(=O)CNC(=O)Nc1ccccc1I. The number of para-hydroxylation sites is 1. The molecule has 0 saturated heterocycles. The first kappa shape index (κ1) is 14.7. The van der Waals surface area contributed by atoms with E-state index in [1.807, 2.05) is 25.1 Å². The van der Waals surface area contributed by atoms with Crippen molar-refractivity contribution in [3.8, 4) is 0 Å². The van der Waals surface area contributed by atoms with Gasteiger partial charge in [-0.15, -0.1) is 0 Å². The van der Waals surface area contributed by atoms with Crippen LogP contribution in [0.5, 0.6) is 0 Å². The average molecular weight is 361 g/mol. The Bertz CT molecular complexity index is 424. The number of hydrogen-bond donors (Lipinski definition) is 3. The number of nitrogens with one attached hydrogen (secondary N) is 3. The Labute approximate surface area is 120 Å². The molecular weight excluding hydrogens is 345 g/mol. The smallest absolute Gasteiger partial charge is 0.319 e. The Morgan fingerprint density at radius 2 is 1.94 bits per heavy atom. The van der Waals surface area contributed by atoms with Crippen LogP contribution in [0.3, 0.4) is 0 Å². The molecule has 0 fully saturated rings. The summed E-state index contributed by atoms with van der Waals surface area (Å²) < 4.78 is 0.945. The molecule has 0 aliphatic heterocycles. The molecule has 0 unspecified atom stereocenters. The zero-order chi connectivity index (χ0) is 13.4. The minimum atomic E-state index is -0.384. The second kappa shape index (κ2) is 7.91. The van der Waals surface area contributed by atoms with Crippen molar-refractivity contribution in [3.05, 3.63) is 27.8 Å². The molecule has 5 nitrogen and oxygen atoms in total. The minimum Gasteiger partial charge on any atom is -0.355 e. The molecule has 0 aliphatic rings. The molecule has 98 valence electrons. The third-order valence-corrected chi connectivity index (χ3v) is 3.04. The fourth-order valence-corrected chi connectivity index (χ4v) is 1.74. The van der Waals surface area contributed by atoms with E-state index in [0.717, 1.165) is 15.7 Å². The maximum Gasteiger partial charge on any atom is 0.319 e. The van der Waals surface area contributed by atoms with Crippen molar-refractivity contribution >= 4 is 40.2 Å². The van der Waals surface area contributed by atoms with Crippen LogP contribution in [0.25, 0.3) is 0 Å². The molecule has 0 heterocycles. The van der Waals surface area contributed by atoms with Crippen molar-refractivity contribution in [1.29, 1.82) is 0 Å². The highest BCUT2D eigenvalue weighted by molar-refractivity contribution is 14.1. The lowest BCUT2D eigenvalue weighted by Gasteiger charge is -2.09. The number of rotatable bonds is 5. The lowest BCUT2D eigenvalue weighted by Crippen LogP contribution is -2.39. The molecule has 6 heteroatoms. The molecule has 18 heavy (non-hydrogen) atoms. The molecule has 0 radical (unpaired) electrons. The van der Waals surface area contributed by atoms with Crippen molar-refractivity contribution in [2.24, 2.45) is 0 Å². The molecule has 1 aromatic carbocycles. The van der Waals surface area contributed by atoms with Crippen LogP contribution >= 0.6 is 22.6 Å². The summed E-state index contributed by atoms with van der Waals surface area (Å²) in [4.78, 5) is 22.8. The maximum atomic E-state index is 11.5. The first-order chi connectivity index (χ1) is 8.63. The normalized spacial score (nSPS) is 9.67. The molecule has 3 N–H and O–H groups in total. The molecule has 0 aromatic heterocycles. The number of amides is 3. The summed E-state index contributed by atoms with van der Waals surface area (Å²) in [7, 11) is 0. The molecule has 3 amide bonds. The van der Waals surface area contributed by atoms with Gasteiger partial charge in [-0.2, -0.15) is 0 Å². The molecular formula is C12H16IN3O2. The Morgan fingerprint density at radius 3 is 2.61 bits per heavy atom. The number of halogens is 1. The number of anilines is 1. The van der Waals surface area contributed by atoms with E-state index in [1.165, 1.54) is 0 Å². The lowest BCUT2D eigenvalue weighted by atomic mass is 10.3. The van der Waals surface area contributed by atoms with Crippen LogP contribution < -0.4 is 16.0 Å². The van der Waals surface area contributed by atoms with E-state index < -0.39 is 0 Å². The number of carbonyl (C=O) groups excluding carboxylic acids is 2. The van der Waals surface area contributed by atoms with E-state index in [1.54, 1.807) is 6.07 Å². The van der Waals surface area contributed by atoms with Gasteiger partial charge >= 0.3 is 6.03 Å². The summed E-state index contributed by atoms with van der Waals surface area (Å²) in [5, 5.41) is 7.87. The van der Waals surface area contributed by atoms with Gasteiger partial charge in [0.15, 0.2) is 0 Å². The van der Waals surface area contributed by atoms with Gasteiger partial charge in [0.1, 0.15) is 0 Å². The van der Waals surface area contributed by atoms with E-state index in [4.69, 9.17) is 0 Å². The van der Waals surface area contributed by atoms with Crippen molar-refractivity contribution < 1.29 is 9.59 Å². The summed E-state index contributed by atoms with van der Waals surface area (Å²) in [5.74, 6) is -0.185. The molecule has 0 aliphatic carbocycles. The zero-order valence-corrected chi connectivity index (χ0v) is 12.3. The highest BCUT2D eigenvalue weighted by Crippen LogP contribution is 2.16. The summed E-state index contributed by atoms with van der Waals surface area (Å²) in [6.45, 7) is 2.58. The fourth-order valence-electron chi connectivity index (χ4n) is 1.22. The number of carbonyl (C=O) groups is 2. The predicted molar refractivity (Wildman–Crippen MR) is 79.5 cm³/mol. The van der Waals surface area contributed by atoms with E-state index in [9.17, 15) is 9.59 Å². The van der Waals surface area contributed by atoms with Crippen LogP contribution in [0.2, 0.25) is 0 Å². The first-order valence-corrected chi connectivity index (χ1v) is 6.77. The Balaban J connectivity index is 2.34. The number of hydrogen-bond acceptors (Lipinski definition) is 2. The van der Waals surface area contributed by atoms with Gasteiger partial charge in [-0.25, -0.2) is 4.79 Å². The fraction of sp³-hybridized carbons (Fsp3) is 0.333. The Morgan fingerprint density at radius 1 is 1.22 bits per heavy atom. The summed E-state index contributed by atoms with van der Waals surface area (Å²) in [6.07, 6.45) is 0.875. The van der Waals surface area contributed by atoms with Gasteiger partial charge in [-0.05, 0) is 41.1 Å².